The van der Waals surface area contributed by atoms with E-state index in [-0.39, 0.29) is 23.7 Å². The fourth-order valence-corrected chi connectivity index (χ4v) is 6.24. The zero-order valence-corrected chi connectivity index (χ0v) is 22.7. The van der Waals surface area contributed by atoms with Gasteiger partial charge in [-0.1, -0.05) is 49.4 Å². The van der Waals surface area contributed by atoms with Crippen LogP contribution in [0.1, 0.15) is 55.6 Å². The monoisotopic (exact) mass is 521 g/mol. The number of nitrogens with zero attached hydrogens (tertiary/aromatic N) is 2. The number of likely N-dealkylation sites (tertiary alicyclic amines) is 1. The van der Waals surface area contributed by atoms with Gasteiger partial charge in [-0.2, -0.15) is 0 Å². The van der Waals surface area contributed by atoms with Crippen LogP contribution in [0, 0.1) is 18.8 Å². The molecule has 3 aromatic carbocycles. The van der Waals surface area contributed by atoms with Crippen LogP contribution in [0.5, 0.6) is 5.75 Å². The van der Waals surface area contributed by atoms with Crippen molar-refractivity contribution in [2.45, 2.75) is 52.0 Å². The summed E-state index contributed by atoms with van der Waals surface area (Å²) in [6.45, 7) is 5.32. The van der Waals surface area contributed by atoms with Gasteiger partial charge >= 0.3 is 0 Å². The Morgan fingerprint density at radius 2 is 1.85 bits per heavy atom. The molecule has 2 aliphatic heterocycles. The number of benzene rings is 3. The molecule has 6 heteroatoms. The number of carbonyl (C=O) groups excluding carboxylic acids is 2. The van der Waals surface area contributed by atoms with E-state index in [1.54, 1.807) is 0 Å². The van der Waals surface area contributed by atoms with Crippen LogP contribution in [0.2, 0.25) is 0 Å². The van der Waals surface area contributed by atoms with E-state index in [9.17, 15) is 9.59 Å². The normalized spacial score (nSPS) is 21.6. The van der Waals surface area contributed by atoms with Gasteiger partial charge in [-0.05, 0) is 78.1 Å². The molecule has 0 bridgehead atoms. The van der Waals surface area contributed by atoms with Gasteiger partial charge in [0.05, 0.1) is 23.7 Å². The number of ether oxygens (including phenoxy) is 1. The second-order valence-electron chi connectivity index (χ2n) is 11.2. The van der Waals surface area contributed by atoms with Crippen LogP contribution in [0.15, 0.2) is 66.7 Å². The lowest BCUT2D eigenvalue weighted by atomic mass is 9.82. The van der Waals surface area contributed by atoms with E-state index in [2.05, 4.69) is 53.3 Å². The molecule has 1 saturated heterocycles. The van der Waals surface area contributed by atoms with Gasteiger partial charge in [0.1, 0.15) is 17.4 Å². The first-order valence-corrected chi connectivity index (χ1v) is 14.0. The second kappa shape index (κ2) is 10.7. The van der Waals surface area contributed by atoms with Gasteiger partial charge in [0.15, 0.2) is 0 Å². The number of piperidine rings is 1. The van der Waals surface area contributed by atoms with E-state index in [0.29, 0.717) is 38.3 Å². The number of fused-ring (bicyclic) bond motifs is 2. The number of hydrogen-bond donors (Lipinski definition) is 1. The van der Waals surface area contributed by atoms with Crippen molar-refractivity contribution in [1.82, 2.24) is 14.9 Å². The molecular formula is C33H35N3O3. The number of aromatic nitrogens is 2. The fraction of sp³-hybridized carbons (Fsp3) is 0.364. The molecule has 3 unspecified atom stereocenters. The number of ketones is 1. The summed E-state index contributed by atoms with van der Waals surface area (Å²) in [5, 5.41) is 0. The Labute approximate surface area is 229 Å². The molecule has 3 heterocycles. The van der Waals surface area contributed by atoms with Crippen LogP contribution in [0.25, 0.3) is 22.2 Å². The van der Waals surface area contributed by atoms with Gasteiger partial charge in [-0.3, -0.25) is 9.59 Å². The summed E-state index contributed by atoms with van der Waals surface area (Å²) in [4.78, 5) is 35.8. The lowest BCUT2D eigenvalue weighted by molar-refractivity contribution is -0.139. The molecule has 1 aromatic heterocycles. The minimum Gasteiger partial charge on any atom is -0.493 e. The third-order valence-corrected chi connectivity index (χ3v) is 8.46. The first kappa shape index (κ1) is 25.4. The Kier molecular flexibility index (Phi) is 6.94. The molecule has 0 spiro atoms. The number of H-pyrrole nitrogens is 1. The smallest absolute Gasteiger partial charge is 0.223 e. The van der Waals surface area contributed by atoms with E-state index >= 15 is 0 Å². The maximum Gasteiger partial charge on any atom is 0.223 e. The molecule has 39 heavy (non-hydrogen) atoms. The number of carbonyl (C=O) groups is 2. The lowest BCUT2D eigenvalue weighted by Gasteiger charge is -2.37. The van der Waals surface area contributed by atoms with Gasteiger partial charge in [-0.15, -0.1) is 0 Å². The highest BCUT2D eigenvalue weighted by Crippen LogP contribution is 2.36. The molecule has 1 N–H and O–H groups in total. The van der Waals surface area contributed by atoms with Crippen molar-refractivity contribution in [2.75, 3.05) is 13.2 Å². The van der Waals surface area contributed by atoms with E-state index in [1.807, 2.05) is 42.2 Å². The first-order chi connectivity index (χ1) is 18.9. The molecule has 200 valence electrons. The van der Waals surface area contributed by atoms with E-state index < -0.39 is 0 Å². The molecule has 0 saturated carbocycles. The molecule has 1 amide bonds. The molecule has 0 radical (unpaired) electrons. The number of aromatic amines is 1. The summed E-state index contributed by atoms with van der Waals surface area (Å²) in [6.07, 6.45) is 3.02. The van der Waals surface area contributed by atoms with E-state index in [1.165, 1.54) is 5.56 Å². The maximum absolute atomic E-state index is 13.7. The Morgan fingerprint density at radius 3 is 2.69 bits per heavy atom. The van der Waals surface area contributed by atoms with Crippen molar-refractivity contribution in [1.29, 1.82) is 0 Å². The zero-order valence-electron chi connectivity index (χ0n) is 22.7. The second-order valence-corrected chi connectivity index (χ2v) is 11.2. The quantitative estimate of drug-likeness (QED) is 0.335. The van der Waals surface area contributed by atoms with Crippen molar-refractivity contribution in [3.05, 3.63) is 83.7 Å². The predicted octanol–water partition coefficient (Wildman–Crippen LogP) is 6.44. The summed E-state index contributed by atoms with van der Waals surface area (Å²) in [6, 6.07) is 22.6. The summed E-state index contributed by atoms with van der Waals surface area (Å²) < 4.78 is 6.22. The molecule has 2 aliphatic rings. The SMILES string of the molecule is Cc1nc2ccc(-c3ccc4c(c3)CC(C)C(CC(=O)N3CCC(=O)CC3c3ccccc3)CCO4)cc2[nH]1. The van der Waals surface area contributed by atoms with Crippen molar-refractivity contribution >= 4 is 22.7 Å². The maximum atomic E-state index is 13.7. The number of hydrogen-bond acceptors (Lipinski definition) is 4. The van der Waals surface area contributed by atoms with Gasteiger partial charge in [0.25, 0.3) is 0 Å². The molecule has 4 aromatic rings. The Bertz CT molecular complexity index is 1510. The van der Waals surface area contributed by atoms with Crippen molar-refractivity contribution in [3.63, 3.8) is 0 Å². The largest absolute Gasteiger partial charge is 0.493 e. The standard InChI is InChI=1S/C33H35N3O3/c1-21-16-27-17-25(26-8-10-29-30(18-26)35-22(2)34-29)9-11-32(27)39-15-13-24(21)19-33(38)36-14-12-28(37)20-31(36)23-6-4-3-5-7-23/h3-11,17-18,21,24,31H,12-16,19-20H2,1-2H3,(H,34,35). The van der Waals surface area contributed by atoms with Crippen LogP contribution in [0.4, 0.5) is 0 Å². The summed E-state index contributed by atoms with van der Waals surface area (Å²) in [5.74, 6) is 2.77. The minimum atomic E-state index is -0.167. The van der Waals surface area contributed by atoms with Gasteiger partial charge in [0.2, 0.25) is 5.91 Å². The van der Waals surface area contributed by atoms with Crippen molar-refractivity contribution in [2.24, 2.45) is 11.8 Å². The van der Waals surface area contributed by atoms with Crippen LogP contribution in [-0.4, -0.2) is 39.7 Å². The predicted molar refractivity (Wildman–Crippen MR) is 152 cm³/mol. The van der Waals surface area contributed by atoms with Gasteiger partial charge in [0, 0.05) is 25.8 Å². The van der Waals surface area contributed by atoms with Crippen LogP contribution < -0.4 is 4.74 Å². The number of imidazole rings is 1. The molecule has 6 nitrogen and oxygen atoms in total. The summed E-state index contributed by atoms with van der Waals surface area (Å²) >= 11 is 0. The highest BCUT2D eigenvalue weighted by molar-refractivity contribution is 5.85. The summed E-state index contributed by atoms with van der Waals surface area (Å²) in [5.41, 5.74) is 6.52. The average molecular weight is 522 g/mol. The third-order valence-electron chi connectivity index (χ3n) is 8.46. The van der Waals surface area contributed by atoms with Crippen LogP contribution in [0.3, 0.4) is 0 Å². The Morgan fingerprint density at radius 1 is 1.05 bits per heavy atom. The third kappa shape index (κ3) is 5.33. The van der Waals surface area contributed by atoms with Gasteiger partial charge in [-0.25, -0.2) is 4.98 Å². The number of rotatable bonds is 4. The number of aryl methyl sites for hydroxylation is 1. The highest BCUT2D eigenvalue weighted by atomic mass is 16.5. The number of amides is 1. The summed E-state index contributed by atoms with van der Waals surface area (Å²) in [7, 11) is 0. The van der Waals surface area contributed by atoms with Gasteiger partial charge < -0.3 is 14.6 Å². The highest BCUT2D eigenvalue weighted by Gasteiger charge is 2.34. The molecular weight excluding hydrogens is 486 g/mol. The van der Waals surface area contributed by atoms with Crippen molar-refractivity contribution in [3.8, 4) is 16.9 Å². The van der Waals surface area contributed by atoms with Crippen LogP contribution >= 0.6 is 0 Å². The topological polar surface area (TPSA) is 75.3 Å². The Balaban J connectivity index is 1.19. The first-order valence-electron chi connectivity index (χ1n) is 14.0. The minimum absolute atomic E-state index is 0.144. The molecule has 1 fully saturated rings. The average Bonchev–Trinajstić information content (AvgIpc) is 3.31. The van der Waals surface area contributed by atoms with Crippen LogP contribution in [-0.2, 0) is 16.0 Å². The Hall–Kier alpha value is -3.93. The number of Topliss-reactive ketones (excluding diaryl/α,β-unsaturated/α-hetero) is 1. The molecule has 6 rings (SSSR count). The zero-order chi connectivity index (χ0) is 26.9. The van der Waals surface area contributed by atoms with E-state index in [0.717, 1.165) is 52.1 Å². The molecule has 0 aliphatic carbocycles. The van der Waals surface area contributed by atoms with E-state index in [4.69, 9.17) is 4.74 Å². The van der Waals surface area contributed by atoms with Crippen molar-refractivity contribution < 1.29 is 14.3 Å². The molecule has 3 atom stereocenters. The fourth-order valence-electron chi connectivity index (χ4n) is 6.24. The lowest BCUT2D eigenvalue weighted by Crippen LogP contribution is -2.42. The number of nitrogens with one attached hydrogen (secondary N) is 1.